The molecule has 1 aromatic rings. The lowest BCUT2D eigenvalue weighted by atomic mass is 10.2. The van der Waals surface area contributed by atoms with Crippen LogP contribution in [-0.2, 0) is 5.75 Å². The van der Waals surface area contributed by atoms with Crippen molar-refractivity contribution in [2.75, 3.05) is 13.1 Å². The van der Waals surface area contributed by atoms with Crippen LogP contribution in [0.3, 0.4) is 0 Å². The normalized spacial score (nSPS) is 15.1. The van der Waals surface area contributed by atoms with Gasteiger partial charge >= 0.3 is 0 Å². The minimum absolute atomic E-state index is 0.919. The zero-order valence-corrected chi connectivity index (χ0v) is 10.1. The SMILES string of the molecule is Brc1ccc(CSC2=NCCN2)cc1. The van der Waals surface area contributed by atoms with Crippen molar-refractivity contribution in [2.45, 2.75) is 5.75 Å². The largest absolute Gasteiger partial charge is 0.363 e. The maximum Gasteiger partial charge on any atom is 0.157 e. The predicted molar refractivity (Wildman–Crippen MR) is 65.7 cm³/mol. The summed E-state index contributed by atoms with van der Waals surface area (Å²) in [5, 5.41) is 4.32. The molecule has 1 N–H and O–H groups in total. The van der Waals surface area contributed by atoms with E-state index < -0.39 is 0 Å². The van der Waals surface area contributed by atoms with Crippen LogP contribution in [0.2, 0.25) is 0 Å². The Morgan fingerprint density at radius 2 is 2.14 bits per heavy atom. The molecule has 1 heterocycles. The average molecular weight is 271 g/mol. The Hall–Kier alpha value is -0.480. The fraction of sp³-hybridized carbons (Fsp3) is 0.300. The topological polar surface area (TPSA) is 24.4 Å². The van der Waals surface area contributed by atoms with Crippen molar-refractivity contribution >= 4 is 32.9 Å². The number of benzene rings is 1. The van der Waals surface area contributed by atoms with Crippen LogP contribution in [0.5, 0.6) is 0 Å². The molecule has 0 fully saturated rings. The van der Waals surface area contributed by atoms with Crippen LogP contribution < -0.4 is 5.32 Å². The molecule has 0 saturated heterocycles. The van der Waals surface area contributed by atoms with Crippen molar-refractivity contribution in [1.82, 2.24) is 5.32 Å². The third-order valence-electron chi connectivity index (χ3n) is 1.93. The summed E-state index contributed by atoms with van der Waals surface area (Å²) in [6.45, 7) is 1.91. The Morgan fingerprint density at radius 1 is 1.36 bits per heavy atom. The van der Waals surface area contributed by atoms with Gasteiger partial charge in [-0.3, -0.25) is 4.99 Å². The first-order chi connectivity index (χ1) is 6.84. The number of amidine groups is 1. The molecule has 0 aromatic heterocycles. The summed E-state index contributed by atoms with van der Waals surface area (Å²) in [7, 11) is 0. The molecule has 14 heavy (non-hydrogen) atoms. The van der Waals surface area contributed by atoms with Crippen molar-refractivity contribution in [3.05, 3.63) is 34.3 Å². The molecule has 0 spiro atoms. The van der Waals surface area contributed by atoms with Gasteiger partial charge in [0.05, 0.1) is 6.54 Å². The number of thioether (sulfide) groups is 1. The average Bonchev–Trinajstić information content (AvgIpc) is 2.70. The lowest BCUT2D eigenvalue weighted by molar-refractivity contribution is 0.963. The summed E-state index contributed by atoms with van der Waals surface area (Å²) < 4.78 is 1.13. The van der Waals surface area contributed by atoms with Gasteiger partial charge in [-0.1, -0.05) is 39.8 Å². The second-order valence-corrected chi connectivity index (χ2v) is 4.91. The van der Waals surface area contributed by atoms with Gasteiger partial charge in [-0.05, 0) is 17.7 Å². The lowest BCUT2D eigenvalue weighted by Gasteiger charge is -2.02. The van der Waals surface area contributed by atoms with E-state index in [1.54, 1.807) is 11.8 Å². The molecule has 0 bridgehead atoms. The van der Waals surface area contributed by atoms with E-state index >= 15 is 0 Å². The highest BCUT2D eigenvalue weighted by Crippen LogP contribution is 2.17. The second kappa shape index (κ2) is 4.84. The predicted octanol–water partition coefficient (Wildman–Crippen LogP) is 2.64. The van der Waals surface area contributed by atoms with Gasteiger partial charge < -0.3 is 5.32 Å². The van der Waals surface area contributed by atoms with Gasteiger partial charge in [-0.25, -0.2) is 0 Å². The molecule has 2 rings (SSSR count). The molecule has 0 atom stereocenters. The van der Waals surface area contributed by atoms with E-state index in [0.717, 1.165) is 28.5 Å². The molecule has 0 radical (unpaired) electrons. The fourth-order valence-electron chi connectivity index (χ4n) is 1.21. The Kier molecular flexibility index (Phi) is 3.48. The van der Waals surface area contributed by atoms with E-state index in [0.29, 0.717) is 0 Å². The van der Waals surface area contributed by atoms with Gasteiger partial charge in [0.2, 0.25) is 0 Å². The van der Waals surface area contributed by atoms with Gasteiger partial charge in [0.25, 0.3) is 0 Å². The monoisotopic (exact) mass is 270 g/mol. The lowest BCUT2D eigenvalue weighted by Crippen LogP contribution is -2.14. The van der Waals surface area contributed by atoms with Crippen molar-refractivity contribution in [3.8, 4) is 0 Å². The minimum Gasteiger partial charge on any atom is -0.363 e. The second-order valence-electron chi connectivity index (χ2n) is 3.03. The first-order valence-electron chi connectivity index (χ1n) is 4.50. The molecular weight excluding hydrogens is 260 g/mol. The molecule has 0 saturated carbocycles. The van der Waals surface area contributed by atoms with Crippen molar-refractivity contribution in [1.29, 1.82) is 0 Å². The molecule has 1 aliphatic rings. The van der Waals surface area contributed by atoms with Gasteiger partial charge in [-0.15, -0.1) is 0 Å². The highest BCUT2D eigenvalue weighted by atomic mass is 79.9. The van der Waals surface area contributed by atoms with Crippen molar-refractivity contribution in [2.24, 2.45) is 4.99 Å². The summed E-state index contributed by atoms with van der Waals surface area (Å²) in [6.07, 6.45) is 0. The molecule has 0 unspecified atom stereocenters. The van der Waals surface area contributed by atoms with Crippen LogP contribution >= 0.6 is 27.7 Å². The molecule has 0 amide bonds. The van der Waals surface area contributed by atoms with E-state index in [-0.39, 0.29) is 0 Å². The summed E-state index contributed by atoms with van der Waals surface area (Å²) in [6, 6.07) is 8.40. The van der Waals surface area contributed by atoms with Gasteiger partial charge in [-0.2, -0.15) is 0 Å². The minimum atomic E-state index is 0.919. The van der Waals surface area contributed by atoms with E-state index in [1.165, 1.54) is 5.56 Å². The number of nitrogens with one attached hydrogen (secondary N) is 1. The first-order valence-corrected chi connectivity index (χ1v) is 6.28. The summed E-state index contributed by atoms with van der Waals surface area (Å²) in [5.41, 5.74) is 1.33. The van der Waals surface area contributed by atoms with Crippen LogP contribution in [0.4, 0.5) is 0 Å². The zero-order chi connectivity index (χ0) is 9.80. The Morgan fingerprint density at radius 3 is 2.79 bits per heavy atom. The van der Waals surface area contributed by atoms with Gasteiger partial charge in [0.1, 0.15) is 0 Å². The number of aliphatic imine (C=N–C) groups is 1. The number of halogens is 1. The maximum atomic E-state index is 4.33. The molecule has 0 aliphatic carbocycles. The first kappa shape index (κ1) is 10.1. The highest BCUT2D eigenvalue weighted by molar-refractivity contribution is 9.10. The smallest absolute Gasteiger partial charge is 0.157 e. The van der Waals surface area contributed by atoms with Crippen LogP contribution in [0.1, 0.15) is 5.56 Å². The molecule has 4 heteroatoms. The molecular formula is C10H11BrN2S. The van der Waals surface area contributed by atoms with Crippen molar-refractivity contribution < 1.29 is 0 Å². The van der Waals surface area contributed by atoms with E-state index in [9.17, 15) is 0 Å². The maximum absolute atomic E-state index is 4.33. The summed E-state index contributed by atoms with van der Waals surface area (Å²) >= 11 is 5.19. The van der Waals surface area contributed by atoms with E-state index in [4.69, 9.17) is 0 Å². The third-order valence-corrected chi connectivity index (χ3v) is 3.49. The summed E-state index contributed by atoms with van der Waals surface area (Å²) in [5.74, 6) is 0.985. The standard InChI is InChI=1S/C10H11BrN2S/c11-9-3-1-8(2-4-9)7-14-10-12-5-6-13-10/h1-4H,5-7H2,(H,12,13). The number of hydrogen-bond donors (Lipinski definition) is 1. The molecule has 1 aliphatic heterocycles. The zero-order valence-electron chi connectivity index (χ0n) is 7.66. The van der Waals surface area contributed by atoms with Crippen LogP contribution in [0.25, 0.3) is 0 Å². The number of nitrogens with zero attached hydrogens (tertiary/aromatic N) is 1. The van der Waals surface area contributed by atoms with Crippen LogP contribution in [-0.4, -0.2) is 18.3 Å². The highest BCUT2D eigenvalue weighted by Gasteiger charge is 2.05. The Balaban J connectivity index is 1.88. The van der Waals surface area contributed by atoms with Crippen LogP contribution in [0, 0.1) is 0 Å². The van der Waals surface area contributed by atoms with Crippen molar-refractivity contribution in [3.63, 3.8) is 0 Å². The quantitative estimate of drug-likeness (QED) is 0.894. The van der Waals surface area contributed by atoms with Gasteiger partial charge in [0.15, 0.2) is 5.17 Å². The number of hydrogen-bond acceptors (Lipinski definition) is 3. The Labute approximate surface area is 96.3 Å². The summed E-state index contributed by atoms with van der Waals surface area (Å²) in [4.78, 5) is 4.33. The molecule has 1 aromatic carbocycles. The van der Waals surface area contributed by atoms with Gasteiger partial charge in [0, 0.05) is 16.8 Å². The number of rotatable bonds is 2. The third kappa shape index (κ3) is 2.75. The molecule has 2 nitrogen and oxygen atoms in total. The van der Waals surface area contributed by atoms with E-state index in [1.807, 2.05) is 0 Å². The molecule has 74 valence electrons. The van der Waals surface area contributed by atoms with Crippen LogP contribution in [0.15, 0.2) is 33.7 Å². The van der Waals surface area contributed by atoms with E-state index in [2.05, 4.69) is 50.5 Å². The Bertz CT molecular complexity index is 334. The fourth-order valence-corrected chi connectivity index (χ4v) is 2.35.